The second-order valence-corrected chi connectivity index (χ2v) is 4.79. The van der Waals surface area contributed by atoms with E-state index in [1.807, 2.05) is 12.1 Å². The molecule has 1 aromatic carbocycles. The molecule has 1 fully saturated rings. The molecule has 7 heteroatoms. The van der Waals surface area contributed by atoms with Crippen molar-refractivity contribution in [3.05, 3.63) is 36.4 Å². The van der Waals surface area contributed by atoms with E-state index in [-0.39, 0.29) is 42.4 Å². The number of halogens is 2. The largest absolute Gasteiger partial charge is 0.504 e. The number of phenolic OH excluding ortho intramolecular Hbond substituents is 1. The van der Waals surface area contributed by atoms with E-state index in [1.54, 1.807) is 12.1 Å². The second-order valence-electron chi connectivity index (χ2n) is 4.79. The molecular weight excluding hydrogens is 327 g/mol. The summed E-state index contributed by atoms with van der Waals surface area (Å²) < 4.78 is 4.92. The van der Waals surface area contributed by atoms with Crippen LogP contribution < -0.4 is 10.1 Å². The molecule has 1 heterocycles. The lowest BCUT2D eigenvalue weighted by Gasteiger charge is -2.33. The van der Waals surface area contributed by atoms with Crippen LogP contribution >= 0.6 is 24.8 Å². The van der Waals surface area contributed by atoms with E-state index in [1.165, 1.54) is 6.92 Å². The lowest BCUT2D eigenvalue weighted by atomic mass is 10.0. The van der Waals surface area contributed by atoms with Gasteiger partial charge in [0.2, 0.25) is 0 Å². The Balaban J connectivity index is 0.00000220. The first-order valence-electron chi connectivity index (χ1n) is 6.70. The third-order valence-corrected chi connectivity index (χ3v) is 3.35. The predicted octanol–water partition coefficient (Wildman–Crippen LogP) is 2.29. The summed E-state index contributed by atoms with van der Waals surface area (Å²) in [6.07, 6.45) is 1.87. The minimum Gasteiger partial charge on any atom is -0.504 e. The van der Waals surface area contributed by atoms with Crippen molar-refractivity contribution in [3.63, 3.8) is 0 Å². The number of carbonyl (C=O) groups is 1. The van der Waals surface area contributed by atoms with Crippen LogP contribution in [-0.4, -0.2) is 42.2 Å². The van der Waals surface area contributed by atoms with Crippen molar-refractivity contribution in [1.82, 2.24) is 10.2 Å². The van der Waals surface area contributed by atoms with Crippen molar-refractivity contribution in [2.24, 2.45) is 0 Å². The number of nitrogens with one attached hydrogen (secondary N) is 1. The van der Waals surface area contributed by atoms with Gasteiger partial charge in [0.05, 0.1) is 6.04 Å². The number of ether oxygens (including phenoxy) is 1. The summed E-state index contributed by atoms with van der Waals surface area (Å²) >= 11 is 0. The maximum Gasteiger partial charge on any atom is 0.308 e. The highest BCUT2D eigenvalue weighted by Gasteiger charge is 2.20. The fourth-order valence-electron chi connectivity index (χ4n) is 2.42. The number of rotatable bonds is 4. The third-order valence-electron chi connectivity index (χ3n) is 3.35. The number of nitrogens with zero attached hydrogens (tertiary/aromatic N) is 1. The maximum atomic E-state index is 10.9. The normalized spacial score (nSPS) is 15.9. The minimum absolute atomic E-state index is 0. The van der Waals surface area contributed by atoms with Gasteiger partial charge in [-0.3, -0.25) is 9.69 Å². The number of esters is 1. The summed E-state index contributed by atoms with van der Waals surface area (Å²) in [4.78, 5) is 13.2. The number of phenols is 1. The fourth-order valence-corrected chi connectivity index (χ4v) is 2.42. The number of piperazine rings is 1. The van der Waals surface area contributed by atoms with E-state index in [0.29, 0.717) is 0 Å². The zero-order valence-corrected chi connectivity index (χ0v) is 14.1. The predicted molar refractivity (Wildman–Crippen MR) is 91.3 cm³/mol. The zero-order chi connectivity index (χ0) is 14.5. The number of hydrogen-bond donors (Lipinski definition) is 2. The molecule has 5 nitrogen and oxygen atoms in total. The molecule has 0 aromatic heterocycles. The molecule has 2 N–H and O–H groups in total. The van der Waals surface area contributed by atoms with Crippen LogP contribution in [0.4, 0.5) is 0 Å². The Morgan fingerprint density at radius 1 is 1.41 bits per heavy atom. The summed E-state index contributed by atoms with van der Waals surface area (Å²) in [7, 11) is 0. The van der Waals surface area contributed by atoms with Crippen molar-refractivity contribution in [2.45, 2.75) is 13.0 Å². The fraction of sp³-hybridized carbons (Fsp3) is 0.400. The van der Waals surface area contributed by atoms with Crippen LogP contribution in [0.5, 0.6) is 11.5 Å². The van der Waals surface area contributed by atoms with E-state index >= 15 is 0 Å². The standard InChI is InChI=1S/C15H20N2O3.2ClH/c1-3-13(17-8-6-16-7-9-17)12-4-5-15(14(19)10-12)20-11(2)18;;/h3-5,10,13,16,19H,1,6-9H2,2H3;2*1H/t13-;;/m0../s1. The number of hydrogen-bond acceptors (Lipinski definition) is 5. The third kappa shape index (κ3) is 5.18. The Morgan fingerprint density at radius 3 is 2.55 bits per heavy atom. The van der Waals surface area contributed by atoms with Crippen molar-refractivity contribution < 1.29 is 14.6 Å². The zero-order valence-electron chi connectivity index (χ0n) is 12.4. The molecule has 124 valence electrons. The Hall–Kier alpha value is -1.27. The van der Waals surface area contributed by atoms with Gasteiger partial charge in [-0.15, -0.1) is 31.4 Å². The van der Waals surface area contributed by atoms with Crippen molar-refractivity contribution in [2.75, 3.05) is 26.2 Å². The lowest BCUT2D eigenvalue weighted by Crippen LogP contribution is -2.44. The molecule has 0 spiro atoms. The van der Waals surface area contributed by atoms with Crippen LogP contribution in [0.3, 0.4) is 0 Å². The maximum absolute atomic E-state index is 10.9. The van der Waals surface area contributed by atoms with Gasteiger partial charge < -0.3 is 15.2 Å². The average molecular weight is 349 g/mol. The lowest BCUT2D eigenvalue weighted by molar-refractivity contribution is -0.132. The molecule has 0 amide bonds. The van der Waals surface area contributed by atoms with Crippen molar-refractivity contribution >= 4 is 30.8 Å². The Labute approximate surface area is 143 Å². The van der Waals surface area contributed by atoms with Gasteiger partial charge in [0.25, 0.3) is 0 Å². The molecule has 0 bridgehead atoms. The average Bonchev–Trinajstić information content (AvgIpc) is 2.43. The highest BCUT2D eigenvalue weighted by Crippen LogP contribution is 2.32. The number of benzene rings is 1. The van der Waals surface area contributed by atoms with Crippen molar-refractivity contribution in [3.8, 4) is 11.5 Å². The van der Waals surface area contributed by atoms with E-state index in [4.69, 9.17) is 4.74 Å². The van der Waals surface area contributed by atoms with Gasteiger partial charge in [0.15, 0.2) is 11.5 Å². The molecule has 0 aliphatic carbocycles. The molecule has 0 unspecified atom stereocenters. The molecule has 2 rings (SSSR count). The molecule has 1 aliphatic heterocycles. The molecule has 1 saturated heterocycles. The highest BCUT2D eigenvalue weighted by molar-refractivity contribution is 5.85. The van der Waals surface area contributed by atoms with Gasteiger partial charge in [-0.25, -0.2) is 0 Å². The highest BCUT2D eigenvalue weighted by atomic mass is 35.5. The Bertz CT molecular complexity index is 506. The van der Waals surface area contributed by atoms with Gasteiger partial charge in [0.1, 0.15) is 0 Å². The molecule has 1 aliphatic rings. The van der Waals surface area contributed by atoms with Crippen molar-refractivity contribution in [1.29, 1.82) is 0 Å². The quantitative estimate of drug-likeness (QED) is 0.496. The molecule has 1 atom stereocenters. The van der Waals surface area contributed by atoms with Gasteiger partial charge in [-0.1, -0.05) is 12.1 Å². The van der Waals surface area contributed by atoms with Crippen LogP contribution in [0.15, 0.2) is 30.9 Å². The van der Waals surface area contributed by atoms with Crippen LogP contribution in [0.2, 0.25) is 0 Å². The van der Waals surface area contributed by atoms with E-state index in [9.17, 15) is 9.90 Å². The van der Waals surface area contributed by atoms with Gasteiger partial charge in [-0.05, 0) is 17.7 Å². The van der Waals surface area contributed by atoms with E-state index < -0.39 is 5.97 Å². The summed E-state index contributed by atoms with van der Waals surface area (Å²) in [5.41, 5.74) is 0.940. The van der Waals surface area contributed by atoms with Crippen LogP contribution in [0.1, 0.15) is 18.5 Å². The smallest absolute Gasteiger partial charge is 0.308 e. The first-order chi connectivity index (χ1) is 9.61. The Kier molecular flexibility index (Phi) is 9.13. The van der Waals surface area contributed by atoms with E-state index in [0.717, 1.165) is 31.7 Å². The minimum atomic E-state index is -0.449. The first kappa shape index (κ1) is 20.7. The molecular formula is C15H22Cl2N2O3. The summed E-state index contributed by atoms with van der Waals surface area (Å²) in [5.74, 6) is -0.292. The number of aromatic hydroxyl groups is 1. The van der Waals surface area contributed by atoms with Gasteiger partial charge >= 0.3 is 5.97 Å². The Morgan fingerprint density at radius 2 is 2.05 bits per heavy atom. The molecule has 0 radical (unpaired) electrons. The monoisotopic (exact) mass is 348 g/mol. The van der Waals surface area contributed by atoms with E-state index in [2.05, 4.69) is 16.8 Å². The summed E-state index contributed by atoms with van der Waals surface area (Å²) in [5, 5.41) is 13.2. The van der Waals surface area contributed by atoms with Crippen LogP contribution in [0, 0.1) is 0 Å². The molecule has 1 aromatic rings. The topological polar surface area (TPSA) is 61.8 Å². The SMILES string of the molecule is C=C[C@@H](c1ccc(OC(C)=O)c(O)c1)N1CCNCC1.Cl.Cl. The molecule has 22 heavy (non-hydrogen) atoms. The van der Waals surface area contributed by atoms with Crippen LogP contribution in [-0.2, 0) is 4.79 Å². The van der Waals surface area contributed by atoms with Gasteiger partial charge in [-0.2, -0.15) is 0 Å². The summed E-state index contributed by atoms with van der Waals surface area (Å²) in [6, 6.07) is 5.15. The summed E-state index contributed by atoms with van der Waals surface area (Å²) in [6.45, 7) is 8.95. The van der Waals surface area contributed by atoms with Crippen LogP contribution in [0.25, 0.3) is 0 Å². The number of carbonyl (C=O) groups excluding carboxylic acids is 1. The van der Waals surface area contributed by atoms with Gasteiger partial charge in [0, 0.05) is 33.1 Å². The first-order valence-corrected chi connectivity index (χ1v) is 6.70. The second kappa shape index (κ2) is 9.69. The molecule has 0 saturated carbocycles.